The molecule has 8 nitrogen and oxygen atoms in total. The molecule has 9 heteroatoms. The van der Waals surface area contributed by atoms with E-state index in [9.17, 15) is 9.18 Å². The number of benzene rings is 2. The summed E-state index contributed by atoms with van der Waals surface area (Å²) < 4.78 is 24.0. The predicted molar refractivity (Wildman–Crippen MR) is 95.2 cm³/mol. The first-order valence-electron chi connectivity index (χ1n) is 8.11. The molecule has 27 heavy (non-hydrogen) atoms. The molecule has 0 aliphatic rings. The maximum Gasteiger partial charge on any atom is 0.235 e. The summed E-state index contributed by atoms with van der Waals surface area (Å²) in [5, 5.41) is 16.4. The number of carbonyl (C=O) groups excluding carboxylic acids is 1. The van der Waals surface area contributed by atoms with Gasteiger partial charge in [0.2, 0.25) is 5.91 Å². The van der Waals surface area contributed by atoms with Gasteiger partial charge >= 0.3 is 0 Å². The maximum atomic E-state index is 13.4. The Hall–Kier alpha value is -3.49. The number of aromatic nitrogens is 4. The van der Waals surface area contributed by atoms with Crippen molar-refractivity contribution in [2.45, 2.75) is 12.3 Å². The second kappa shape index (κ2) is 8.26. The molecule has 1 amide bonds. The van der Waals surface area contributed by atoms with Crippen LogP contribution in [0.15, 0.2) is 42.5 Å². The van der Waals surface area contributed by atoms with Crippen molar-refractivity contribution in [1.82, 2.24) is 20.6 Å². The highest BCUT2D eigenvalue weighted by molar-refractivity contribution is 5.95. The smallest absolute Gasteiger partial charge is 0.235 e. The highest BCUT2D eigenvalue weighted by Crippen LogP contribution is 2.29. The van der Waals surface area contributed by atoms with Gasteiger partial charge in [-0.05, 0) is 36.2 Å². The molecule has 0 radical (unpaired) electrons. The Morgan fingerprint density at radius 2 is 2.07 bits per heavy atom. The van der Waals surface area contributed by atoms with E-state index in [1.54, 1.807) is 31.4 Å². The number of hydrogen-bond donors (Lipinski definition) is 2. The summed E-state index contributed by atoms with van der Waals surface area (Å²) in [7, 11) is 3.09. The van der Waals surface area contributed by atoms with Crippen molar-refractivity contribution in [3.8, 4) is 11.5 Å². The highest BCUT2D eigenvalue weighted by Gasteiger charge is 2.27. The minimum Gasteiger partial charge on any atom is -0.497 e. The SMILES string of the molecule is COc1ccc(C[C@@H](C(=O)Nc2cccc(F)c2)c2nn[nH]n2)c(OC)c1. The van der Waals surface area contributed by atoms with Gasteiger partial charge in [0.05, 0.1) is 14.2 Å². The van der Waals surface area contributed by atoms with Crippen molar-refractivity contribution in [1.29, 1.82) is 0 Å². The van der Waals surface area contributed by atoms with E-state index < -0.39 is 11.7 Å². The summed E-state index contributed by atoms with van der Waals surface area (Å²) in [5.41, 5.74) is 1.11. The summed E-state index contributed by atoms with van der Waals surface area (Å²) >= 11 is 0. The lowest BCUT2D eigenvalue weighted by molar-refractivity contribution is -0.117. The molecule has 0 bridgehead atoms. The molecule has 1 atom stereocenters. The van der Waals surface area contributed by atoms with Crippen molar-refractivity contribution in [3.05, 3.63) is 59.7 Å². The Kier molecular flexibility index (Phi) is 5.60. The van der Waals surface area contributed by atoms with Crippen LogP contribution in [-0.4, -0.2) is 40.8 Å². The molecule has 2 aromatic carbocycles. The number of nitrogens with one attached hydrogen (secondary N) is 2. The maximum absolute atomic E-state index is 13.4. The van der Waals surface area contributed by atoms with Crippen molar-refractivity contribution in [3.63, 3.8) is 0 Å². The first kappa shape index (κ1) is 18.3. The molecular formula is C18H18FN5O3. The summed E-state index contributed by atoms with van der Waals surface area (Å²) in [5.74, 6) is -0.158. The topological polar surface area (TPSA) is 102 Å². The van der Waals surface area contributed by atoms with Crippen molar-refractivity contribution >= 4 is 11.6 Å². The van der Waals surface area contributed by atoms with Gasteiger partial charge in [-0.1, -0.05) is 17.3 Å². The molecular weight excluding hydrogens is 353 g/mol. The quantitative estimate of drug-likeness (QED) is 0.661. The zero-order valence-corrected chi connectivity index (χ0v) is 14.8. The summed E-state index contributed by atoms with van der Waals surface area (Å²) in [6, 6.07) is 11.0. The minimum atomic E-state index is -0.755. The number of hydrogen-bond acceptors (Lipinski definition) is 6. The van der Waals surface area contributed by atoms with E-state index in [1.165, 1.54) is 25.3 Å². The zero-order valence-electron chi connectivity index (χ0n) is 14.8. The van der Waals surface area contributed by atoms with Crippen LogP contribution in [0.2, 0.25) is 0 Å². The van der Waals surface area contributed by atoms with Crippen LogP contribution in [0.3, 0.4) is 0 Å². The van der Waals surface area contributed by atoms with Gasteiger partial charge in [-0.2, -0.15) is 5.21 Å². The molecule has 2 N–H and O–H groups in total. The van der Waals surface area contributed by atoms with Crippen molar-refractivity contribution < 1.29 is 18.7 Å². The van der Waals surface area contributed by atoms with E-state index in [-0.39, 0.29) is 18.2 Å². The molecule has 0 aliphatic carbocycles. The van der Waals surface area contributed by atoms with Crippen LogP contribution in [0.4, 0.5) is 10.1 Å². The number of ether oxygens (including phenoxy) is 2. The Labute approximate surface area is 154 Å². The third-order valence-corrected chi connectivity index (χ3v) is 4.00. The number of amides is 1. The minimum absolute atomic E-state index is 0.224. The van der Waals surface area contributed by atoms with Gasteiger partial charge in [0.25, 0.3) is 0 Å². The normalized spacial score (nSPS) is 11.7. The van der Waals surface area contributed by atoms with E-state index in [0.29, 0.717) is 17.2 Å². The first-order chi connectivity index (χ1) is 13.1. The monoisotopic (exact) mass is 371 g/mol. The summed E-state index contributed by atoms with van der Waals surface area (Å²) in [4.78, 5) is 12.8. The number of nitrogens with zero attached hydrogens (tertiary/aromatic N) is 3. The number of methoxy groups -OCH3 is 2. The lowest BCUT2D eigenvalue weighted by Crippen LogP contribution is -2.24. The van der Waals surface area contributed by atoms with Crippen LogP contribution >= 0.6 is 0 Å². The number of anilines is 1. The summed E-state index contributed by atoms with van der Waals surface area (Å²) in [6.07, 6.45) is 0.258. The standard InChI is InChI=1S/C18H18FN5O3/c1-26-14-7-6-11(16(10-14)27-2)8-15(17-21-23-24-22-17)18(25)20-13-5-3-4-12(19)9-13/h3-7,9-10,15H,8H2,1-2H3,(H,20,25)(H,21,22,23,24)/t15-/m1/s1. The van der Waals surface area contributed by atoms with Crippen LogP contribution in [0, 0.1) is 5.82 Å². The zero-order chi connectivity index (χ0) is 19.2. The number of halogens is 1. The van der Waals surface area contributed by atoms with E-state index >= 15 is 0 Å². The van der Waals surface area contributed by atoms with Crippen LogP contribution < -0.4 is 14.8 Å². The molecule has 0 unspecified atom stereocenters. The molecule has 1 heterocycles. The Morgan fingerprint density at radius 3 is 2.74 bits per heavy atom. The molecule has 0 aliphatic heterocycles. The van der Waals surface area contributed by atoms with Gasteiger partial charge in [0.1, 0.15) is 23.2 Å². The molecule has 0 fully saturated rings. The van der Waals surface area contributed by atoms with Crippen LogP contribution in [0.1, 0.15) is 17.3 Å². The van der Waals surface area contributed by atoms with Gasteiger partial charge in [0.15, 0.2) is 5.82 Å². The Morgan fingerprint density at radius 1 is 1.22 bits per heavy atom. The van der Waals surface area contributed by atoms with E-state index in [0.717, 1.165) is 5.56 Å². The van der Waals surface area contributed by atoms with Gasteiger partial charge in [-0.25, -0.2) is 4.39 Å². The molecule has 0 saturated carbocycles. The lowest BCUT2D eigenvalue weighted by Gasteiger charge is -2.16. The van der Waals surface area contributed by atoms with Gasteiger partial charge in [0, 0.05) is 11.8 Å². The largest absolute Gasteiger partial charge is 0.497 e. The summed E-state index contributed by atoms with van der Waals surface area (Å²) in [6.45, 7) is 0. The molecule has 140 valence electrons. The highest BCUT2D eigenvalue weighted by atomic mass is 19.1. The van der Waals surface area contributed by atoms with Crippen molar-refractivity contribution in [2.24, 2.45) is 0 Å². The molecule has 3 rings (SSSR count). The van der Waals surface area contributed by atoms with E-state index in [2.05, 4.69) is 25.9 Å². The molecule has 0 saturated heterocycles. The molecule has 3 aromatic rings. The first-order valence-corrected chi connectivity index (χ1v) is 8.11. The fourth-order valence-electron chi connectivity index (χ4n) is 2.65. The second-order valence-corrected chi connectivity index (χ2v) is 5.70. The molecule has 0 spiro atoms. The second-order valence-electron chi connectivity index (χ2n) is 5.70. The van der Waals surface area contributed by atoms with Gasteiger partial charge in [-0.15, -0.1) is 10.2 Å². The van der Waals surface area contributed by atoms with Crippen molar-refractivity contribution in [2.75, 3.05) is 19.5 Å². The number of H-pyrrole nitrogens is 1. The number of carbonyl (C=O) groups is 1. The van der Waals surface area contributed by atoms with E-state index in [1.807, 2.05) is 0 Å². The fraction of sp³-hybridized carbons (Fsp3) is 0.222. The van der Waals surface area contributed by atoms with Crippen LogP contribution in [-0.2, 0) is 11.2 Å². The fourth-order valence-corrected chi connectivity index (χ4v) is 2.65. The third kappa shape index (κ3) is 4.38. The van der Waals surface area contributed by atoms with Crippen LogP contribution in [0.5, 0.6) is 11.5 Å². The third-order valence-electron chi connectivity index (χ3n) is 4.00. The molecule has 1 aromatic heterocycles. The van der Waals surface area contributed by atoms with E-state index in [4.69, 9.17) is 9.47 Å². The van der Waals surface area contributed by atoms with Gasteiger partial charge in [-0.3, -0.25) is 4.79 Å². The average molecular weight is 371 g/mol. The Bertz CT molecular complexity index is 917. The predicted octanol–water partition coefficient (Wildman–Crippen LogP) is 2.32. The lowest BCUT2D eigenvalue weighted by atomic mass is 9.96. The number of rotatable bonds is 7. The van der Waals surface area contributed by atoms with Gasteiger partial charge < -0.3 is 14.8 Å². The Balaban J connectivity index is 1.87. The average Bonchev–Trinajstić information content (AvgIpc) is 3.20. The number of aromatic amines is 1. The van der Waals surface area contributed by atoms with Crippen LogP contribution in [0.25, 0.3) is 0 Å². The number of tetrazole rings is 1.